The van der Waals surface area contributed by atoms with Crippen molar-refractivity contribution in [2.45, 2.75) is 32.4 Å². The summed E-state index contributed by atoms with van der Waals surface area (Å²) in [4.78, 5) is 4.26. The van der Waals surface area contributed by atoms with Crippen molar-refractivity contribution in [3.05, 3.63) is 24.3 Å². The zero-order chi connectivity index (χ0) is 10.9. The van der Waals surface area contributed by atoms with E-state index in [1.807, 2.05) is 14.0 Å². The lowest BCUT2D eigenvalue weighted by atomic mass is 10.2. The Morgan fingerprint density at radius 2 is 2.47 bits per heavy atom. The Morgan fingerprint density at radius 1 is 1.60 bits per heavy atom. The van der Waals surface area contributed by atoms with E-state index in [9.17, 15) is 0 Å². The standard InChI is InChI=1S/C12H21N3/c1-3-4-5-8-11(13-2)15-12-9-6-7-10-14-12/h3-4,6-7,12,14H,5,8-10H2,1-2H3,(H,13,15)/b4-3-. The number of hydrogen-bond donors (Lipinski definition) is 2. The Kier molecular flexibility index (Phi) is 5.78. The van der Waals surface area contributed by atoms with E-state index >= 15 is 0 Å². The van der Waals surface area contributed by atoms with Gasteiger partial charge in [-0.1, -0.05) is 24.3 Å². The zero-order valence-electron chi connectivity index (χ0n) is 9.66. The van der Waals surface area contributed by atoms with E-state index < -0.39 is 0 Å². The predicted octanol–water partition coefficient (Wildman–Crippen LogP) is 1.84. The van der Waals surface area contributed by atoms with E-state index in [2.05, 4.69) is 39.9 Å². The lowest BCUT2D eigenvalue weighted by Crippen LogP contribution is -2.46. The summed E-state index contributed by atoms with van der Waals surface area (Å²) in [6.07, 6.45) is 12.0. The first-order chi connectivity index (χ1) is 7.36. The topological polar surface area (TPSA) is 36.4 Å². The summed E-state index contributed by atoms with van der Waals surface area (Å²) >= 11 is 0. The monoisotopic (exact) mass is 207 g/mol. The molecule has 0 aromatic rings. The molecule has 1 atom stereocenters. The van der Waals surface area contributed by atoms with Crippen LogP contribution in [0.15, 0.2) is 29.3 Å². The molecule has 0 spiro atoms. The van der Waals surface area contributed by atoms with Gasteiger partial charge in [0.1, 0.15) is 0 Å². The van der Waals surface area contributed by atoms with E-state index in [1.165, 1.54) is 0 Å². The average Bonchev–Trinajstić information content (AvgIpc) is 2.29. The van der Waals surface area contributed by atoms with Crippen LogP contribution >= 0.6 is 0 Å². The summed E-state index contributed by atoms with van der Waals surface area (Å²) < 4.78 is 0. The smallest absolute Gasteiger partial charge is 0.0974 e. The van der Waals surface area contributed by atoms with Crippen molar-refractivity contribution in [2.75, 3.05) is 13.6 Å². The van der Waals surface area contributed by atoms with Crippen molar-refractivity contribution < 1.29 is 0 Å². The molecule has 0 fully saturated rings. The number of nitrogens with one attached hydrogen (secondary N) is 2. The molecule has 0 aromatic heterocycles. The summed E-state index contributed by atoms with van der Waals surface area (Å²) in [5.74, 6) is 1.08. The van der Waals surface area contributed by atoms with Crippen LogP contribution in [0, 0.1) is 0 Å². The first kappa shape index (κ1) is 12.0. The van der Waals surface area contributed by atoms with Gasteiger partial charge in [-0.25, -0.2) is 0 Å². The van der Waals surface area contributed by atoms with Gasteiger partial charge in [-0.15, -0.1) is 0 Å². The molecule has 0 aliphatic carbocycles. The van der Waals surface area contributed by atoms with Crippen molar-refractivity contribution in [3.63, 3.8) is 0 Å². The zero-order valence-corrected chi connectivity index (χ0v) is 9.66. The van der Waals surface area contributed by atoms with E-state index in [-0.39, 0.29) is 0 Å². The molecule has 1 aliphatic heterocycles. The molecule has 0 amide bonds. The van der Waals surface area contributed by atoms with Gasteiger partial charge in [-0.2, -0.15) is 0 Å². The van der Waals surface area contributed by atoms with Gasteiger partial charge >= 0.3 is 0 Å². The number of hydrogen-bond acceptors (Lipinski definition) is 2. The summed E-state index contributed by atoms with van der Waals surface area (Å²) in [5.41, 5.74) is 0. The quantitative estimate of drug-likeness (QED) is 0.419. The molecule has 1 aliphatic rings. The van der Waals surface area contributed by atoms with Gasteiger partial charge < -0.3 is 5.32 Å². The second-order valence-corrected chi connectivity index (χ2v) is 3.59. The minimum atomic E-state index is 0.347. The van der Waals surface area contributed by atoms with Crippen LogP contribution in [0.5, 0.6) is 0 Å². The predicted molar refractivity (Wildman–Crippen MR) is 66.1 cm³/mol. The van der Waals surface area contributed by atoms with Crippen LogP contribution in [-0.2, 0) is 0 Å². The second kappa shape index (κ2) is 7.23. The highest BCUT2D eigenvalue weighted by atomic mass is 15.2. The van der Waals surface area contributed by atoms with Gasteiger partial charge in [-0.3, -0.25) is 10.3 Å². The Hall–Kier alpha value is -1.09. The highest BCUT2D eigenvalue weighted by Gasteiger charge is 2.09. The molecule has 0 saturated heterocycles. The Morgan fingerprint density at radius 3 is 3.07 bits per heavy atom. The lowest BCUT2D eigenvalue weighted by molar-refractivity contribution is 0.496. The van der Waals surface area contributed by atoms with Crippen molar-refractivity contribution >= 4 is 5.84 Å². The molecular formula is C12H21N3. The van der Waals surface area contributed by atoms with Crippen LogP contribution in [0.1, 0.15) is 26.2 Å². The number of allylic oxidation sites excluding steroid dienone is 2. The highest BCUT2D eigenvalue weighted by Crippen LogP contribution is 1.99. The molecule has 0 aromatic carbocycles. The number of amidine groups is 1. The fraction of sp³-hybridized carbons (Fsp3) is 0.583. The van der Waals surface area contributed by atoms with E-state index in [1.54, 1.807) is 0 Å². The Bertz CT molecular complexity index is 254. The second-order valence-electron chi connectivity index (χ2n) is 3.59. The SMILES string of the molecule is C/C=C\CCC(=NC)NC1CC=CCN1. The molecule has 15 heavy (non-hydrogen) atoms. The van der Waals surface area contributed by atoms with Gasteiger partial charge in [-0.05, 0) is 19.8 Å². The van der Waals surface area contributed by atoms with Crippen molar-refractivity contribution in [3.8, 4) is 0 Å². The largest absolute Gasteiger partial charge is 0.358 e. The third-order valence-electron chi connectivity index (χ3n) is 2.41. The Balaban J connectivity index is 2.30. The van der Waals surface area contributed by atoms with E-state index in [0.717, 1.165) is 31.6 Å². The third kappa shape index (κ3) is 4.79. The summed E-state index contributed by atoms with van der Waals surface area (Å²) in [6.45, 7) is 2.99. The summed E-state index contributed by atoms with van der Waals surface area (Å²) in [6, 6.07) is 0. The van der Waals surface area contributed by atoms with Crippen molar-refractivity contribution in [1.29, 1.82) is 0 Å². The molecule has 0 radical (unpaired) electrons. The van der Waals surface area contributed by atoms with Crippen LogP contribution in [-0.4, -0.2) is 25.6 Å². The maximum Gasteiger partial charge on any atom is 0.0974 e. The van der Waals surface area contributed by atoms with Crippen LogP contribution in [0.25, 0.3) is 0 Å². The minimum Gasteiger partial charge on any atom is -0.358 e. The first-order valence-corrected chi connectivity index (χ1v) is 5.58. The lowest BCUT2D eigenvalue weighted by Gasteiger charge is -2.22. The minimum absolute atomic E-state index is 0.347. The van der Waals surface area contributed by atoms with Crippen LogP contribution in [0.4, 0.5) is 0 Å². The fourth-order valence-electron chi connectivity index (χ4n) is 1.56. The van der Waals surface area contributed by atoms with Gasteiger partial charge in [0.25, 0.3) is 0 Å². The molecule has 1 heterocycles. The third-order valence-corrected chi connectivity index (χ3v) is 2.41. The van der Waals surface area contributed by atoms with Crippen LogP contribution in [0.3, 0.4) is 0 Å². The molecule has 1 unspecified atom stereocenters. The average molecular weight is 207 g/mol. The summed E-state index contributed by atoms with van der Waals surface area (Å²) in [7, 11) is 1.84. The number of aliphatic imine (C=N–C) groups is 1. The molecule has 1 rings (SSSR count). The van der Waals surface area contributed by atoms with Gasteiger partial charge in [0.05, 0.1) is 12.0 Å². The molecule has 84 valence electrons. The number of nitrogens with zero attached hydrogens (tertiary/aromatic N) is 1. The molecular weight excluding hydrogens is 186 g/mol. The molecule has 3 nitrogen and oxygen atoms in total. The van der Waals surface area contributed by atoms with Crippen molar-refractivity contribution in [2.24, 2.45) is 4.99 Å². The maximum atomic E-state index is 4.26. The molecule has 3 heteroatoms. The maximum absolute atomic E-state index is 4.26. The summed E-state index contributed by atoms with van der Waals surface area (Å²) in [5, 5.41) is 6.80. The van der Waals surface area contributed by atoms with Crippen LogP contribution < -0.4 is 10.6 Å². The fourth-order valence-corrected chi connectivity index (χ4v) is 1.56. The van der Waals surface area contributed by atoms with Crippen molar-refractivity contribution in [1.82, 2.24) is 10.6 Å². The van der Waals surface area contributed by atoms with Gasteiger partial charge in [0, 0.05) is 20.0 Å². The normalized spacial score (nSPS) is 22.3. The molecule has 2 N–H and O–H groups in total. The highest BCUT2D eigenvalue weighted by molar-refractivity contribution is 5.82. The first-order valence-electron chi connectivity index (χ1n) is 5.58. The van der Waals surface area contributed by atoms with Gasteiger partial charge in [0.15, 0.2) is 0 Å². The number of rotatable bonds is 4. The van der Waals surface area contributed by atoms with E-state index in [4.69, 9.17) is 0 Å². The van der Waals surface area contributed by atoms with Crippen LogP contribution in [0.2, 0.25) is 0 Å². The Labute approximate surface area is 92.4 Å². The molecule has 0 bridgehead atoms. The van der Waals surface area contributed by atoms with Gasteiger partial charge in [0.2, 0.25) is 0 Å². The van der Waals surface area contributed by atoms with E-state index in [0.29, 0.717) is 6.17 Å². The molecule has 0 saturated carbocycles.